The van der Waals surface area contributed by atoms with Crippen LogP contribution < -0.4 is 5.32 Å². The summed E-state index contributed by atoms with van der Waals surface area (Å²) in [6.07, 6.45) is 3.48. The smallest absolute Gasteiger partial charge is 0.407 e. The number of aromatic carboxylic acids is 1. The fraction of sp³-hybridized carbons (Fsp3) is 0.714. The van der Waals surface area contributed by atoms with Gasteiger partial charge in [0.15, 0.2) is 5.69 Å². The first-order valence-corrected chi connectivity index (χ1v) is 7.42. The minimum atomic E-state index is -1.15. The van der Waals surface area contributed by atoms with Crippen molar-refractivity contribution in [1.82, 2.24) is 20.3 Å². The summed E-state index contributed by atoms with van der Waals surface area (Å²) in [4.78, 5) is 23.0. The fourth-order valence-corrected chi connectivity index (χ4v) is 2.56. The molecule has 1 aliphatic rings. The fourth-order valence-electron chi connectivity index (χ4n) is 2.56. The number of amides is 1. The normalized spacial score (nSPS) is 15.8. The molecule has 122 valence electrons. The van der Waals surface area contributed by atoms with Crippen LogP contribution in [0.4, 0.5) is 4.79 Å². The Labute approximate surface area is 128 Å². The molecule has 1 aromatic heterocycles. The first-order valence-electron chi connectivity index (χ1n) is 7.42. The molecule has 8 nitrogen and oxygen atoms in total. The summed E-state index contributed by atoms with van der Waals surface area (Å²) in [5, 5.41) is 19.5. The van der Waals surface area contributed by atoms with E-state index < -0.39 is 17.7 Å². The number of carboxylic acid groups (broad SMARTS) is 1. The highest BCUT2D eigenvalue weighted by Gasteiger charge is 2.26. The molecule has 0 aliphatic heterocycles. The van der Waals surface area contributed by atoms with Crippen LogP contribution in [0.3, 0.4) is 0 Å². The molecule has 1 amide bonds. The average Bonchev–Trinajstić information content (AvgIpc) is 3.02. The second-order valence-electron chi connectivity index (χ2n) is 6.43. The van der Waals surface area contributed by atoms with E-state index in [9.17, 15) is 14.7 Å². The maximum Gasteiger partial charge on any atom is 0.407 e. The van der Waals surface area contributed by atoms with Crippen molar-refractivity contribution in [1.29, 1.82) is 0 Å². The quantitative estimate of drug-likeness (QED) is 0.882. The molecule has 0 bridgehead atoms. The summed E-state index contributed by atoms with van der Waals surface area (Å²) >= 11 is 0. The summed E-state index contributed by atoms with van der Waals surface area (Å²) in [5.41, 5.74) is -0.322. The van der Waals surface area contributed by atoms with E-state index >= 15 is 0 Å². The van der Waals surface area contributed by atoms with Gasteiger partial charge in [0.25, 0.3) is 0 Å². The van der Waals surface area contributed by atoms with Gasteiger partial charge in [-0.2, -0.15) is 0 Å². The van der Waals surface area contributed by atoms with Gasteiger partial charge in [0.2, 0.25) is 0 Å². The third kappa shape index (κ3) is 3.96. The molecule has 0 saturated heterocycles. The molecule has 0 radical (unpaired) electrons. The standard InChI is InChI=1S/C14H22N4O4/c1-14(2,3)22-13(21)15-8-10-11(12(19)20)16-17-18(10)9-6-4-5-7-9/h9H,4-8H2,1-3H3,(H,15,21)(H,19,20). The van der Waals surface area contributed by atoms with Crippen LogP contribution in [0.5, 0.6) is 0 Å². The molecular weight excluding hydrogens is 288 g/mol. The molecule has 1 aliphatic carbocycles. The molecule has 1 saturated carbocycles. The maximum atomic E-state index is 11.7. The van der Waals surface area contributed by atoms with Gasteiger partial charge in [-0.3, -0.25) is 0 Å². The number of ether oxygens (including phenoxy) is 1. The molecule has 1 fully saturated rings. The number of alkyl carbamates (subject to hydrolysis) is 1. The number of hydrogen-bond acceptors (Lipinski definition) is 5. The Balaban J connectivity index is 2.12. The zero-order chi connectivity index (χ0) is 16.3. The Bertz CT molecular complexity index is 556. The summed E-state index contributed by atoms with van der Waals surface area (Å²) < 4.78 is 6.79. The van der Waals surface area contributed by atoms with Gasteiger partial charge in [0, 0.05) is 0 Å². The molecular formula is C14H22N4O4. The topological polar surface area (TPSA) is 106 Å². The maximum absolute atomic E-state index is 11.7. The van der Waals surface area contributed by atoms with Crippen LogP contribution >= 0.6 is 0 Å². The lowest BCUT2D eigenvalue weighted by atomic mass is 10.2. The first-order chi connectivity index (χ1) is 10.3. The van der Waals surface area contributed by atoms with Crippen molar-refractivity contribution in [2.24, 2.45) is 0 Å². The van der Waals surface area contributed by atoms with Gasteiger partial charge in [-0.05, 0) is 33.6 Å². The highest BCUT2D eigenvalue weighted by atomic mass is 16.6. The Kier molecular flexibility index (Phi) is 4.68. The molecule has 0 aromatic carbocycles. The number of nitrogens with one attached hydrogen (secondary N) is 1. The Hall–Kier alpha value is -2.12. The summed E-state index contributed by atoms with van der Waals surface area (Å²) in [6.45, 7) is 5.32. The molecule has 1 heterocycles. The van der Waals surface area contributed by atoms with E-state index in [0.29, 0.717) is 5.69 Å². The summed E-state index contributed by atoms with van der Waals surface area (Å²) in [6, 6.07) is 0.149. The van der Waals surface area contributed by atoms with Gasteiger partial charge in [-0.15, -0.1) is 5.10 Å². The van der Waals surface area contributed by atoms with Crippen molar-refractivity contribution in [3.8, 4) is 0 Å². The number of carbonyl (C=O) groups is 2. The van der Waals surface area contributed by atoms with E-state index in [1.807, 2.05) is 0 Å². The monoisotopic (exact) mass is 310 g/mol. The predicted octanol–water partition coefficient (Wildman–Crippen LogP) is 2.12. The summed E-state index contributed by atoms with van der Waals surface area (Å²) in [5.74, 6) is -1.15. The predicted molar refractivity (Wildman–Crippen MR) is 77.6 cm³/mol. The molecule has 2 N–H and O–H groups in total. The number of nitrogens with zero attached hydrogens (tertiary/aromatic N) is 3. The second-order valence-corrected chi connectivity index (χ2v) is 6.43. The highest BCUT2D eigenvalue weighted by Crippen LogP contribution is 2.30. The van der Waals surface area contributed by atoms with Crippen molar-refractivity contribution in [3.63, 3.8) is 0 Å². The van der Waals surface area contributed by atoms with E-state index in [-0.39, 0.29) is 18.3 Å². The van der Waals surface area contributed by atoms with Gasteiger partial charge in [-0.25, -0.2) is 14.3 Å². The zero-order valence-electron chi connectivity index (χ0n) is 13.1. The van der Waals surface area contributed by atoms with Crippen LogP contribution in [0.25, 0.3) is 0 Å². The first kappa shape index (κ1) is 16.3. The third-order valence-electron chi connectivity index (χ3n) is 3.46. The van der Waals surface area contributed by atoms with Crippen LogP contribution in [0, 0.1) is 0 Å². The van der Waals surface area contributed by atoms with E-state index in [1.165, 1.54) is 0 Å². The molecule has 0 unspecified atom stereocenters. The largest absolute Gasteiger partial charge is 0.476 e. The SMILES string of the molecule is CC(C)(C)OC(=O)NCc1c(C(=O)O)nnn1C1CCCC1. The van der Waals surface area contributed by atoms with Gasteiger partial charge in [0.05, 0.1) is 18.3 Å². The van der Waals surface area contributed by atoms with E-state index in [2.05, 4.69) is 15.6 Å². The average molecular weight is 310 g/mol. The zero-order valence-corrected chi connectivity index (χ0v) is 13.1. The van der Waals surface area contributed by atoms with Gasteiger partial charge in [-0.1, -0.05) is 18.1 Å². The lowest BCUT2D eigenvalue weighted by molar-refractivity contribution is 0.0519. The van der Waals surface area contributed by atoms with Gasteiger partial charge < -0.3 is 15.2 Å². The molecule has 22 heavy (non-hydrogen) atoms. The molecule has 8 heteroatoms. The van der Waals surface area contributed by atoms with Crippen LogP contribution in [0.15, 0.2) is 0 Å². The number of aromatic nitrogens is 3. The molecule has 0 spiro atoms. The Morgan fingerprint density at radius 1 is 1.36 bits per heavy atom. The molecule has 2 rings (SSSR count). The minimum Gasteiger partial charge on any atom is -0.476 e. The molecule has 1 aromatic rings. The van der Waals surface area contributed by atoms with Crippen LogP contribution in [-0.2, 0) is 11.3 Å². The van der Waals surface area contributed by atoms with Crippen LogP contribution in [0.2, 0.25) is 0 Å². The van der Waals surface area contributed by atoms with Crippen molar-refractivity contribution >= 4 is 12.1 Å². The Morgan fingerprint density at radius 3 is 2.55 bits per heavy atom. The highest BCUT2D eigenvalue weighted by molar-refractivity contribution is 5.86. The van der Waals surface area contributed by atoms with Crippen molar-refractivity contribution in [2.75, 3.05) is 0 Å². The third-order valence-corrected chi connectivity index (χ3v) is 3.46. The van der Waals surface area contributed by atoms with Gasteiger partial charge >= 0.3 is 12.1 Å². The van der Waals surface area contributed by atoms with Gasteiger partial charge in [0.1, 0.15) is 5.60 Å². The molecule has 0 atom stereocenters. The number of hydrogen-bond donors (Lipinski definition) is 2. The van der Waals surface area contributed by atoms with E-state index in [0.717, 1.165) is 25.7 Å². The van der Waals surface area contributed by atoms with Crippen molar-refractivity contribution in [2.45, 2.75) is 64.6 Å². The Morgan fingerprint density at radius 2 is 2.00 bits per heavy atom. The van der Waals surface area contributed by atoms with E-state index in [4.69, 9.17) is 4.74 Å². The number of rotatable bonds is 4. The minimum absolute atomic E-state index is 0.0278. The van der Waals surface area contributed by atoms with E-state index in [1.54, 1.807) is 25.5 Å². The second kappa shape index (κ2) is 6.33. The van der Waals surface area contributed by atoms with Crippen molar-refractivity contribution < 1.29 is 19.4 Å². The van der Waals surface area contributed by atoms with Crippen LogP contribution in [0.1, 0.15) is 68.7 Å². The van der Waals surface area contributed by atoms with Crippen molar-refractivity contribution in [3.05, 3.63) is 11.4 Å². The lowest BCUT2D eigenvalue weighted by Crippen LogP contribution is -2.33. The number of carbonyl (C=O) groups excluding carboxylic acids is 1. The number of carboxylic acids is 1. The van der Waals surface area contributed by atoms with Crippen LogP contribution in [-0.4, -0.2) is 37.8 Å². The lowest BCUT2D eigenvalue weighted by Gasteiger charge is -2.20. The summed E-state index contributed by atoms with van der Waals surface area (Å²) in [7, 11) is 0.